The third-order valence-electron chi connectivity index (χ3n) is 3.53. The fourth-order valence-electron chi connectivity index (χ4n) is 2.27. The zero-order valence-corrected chi connectivity index (χ0v) is 12.9. The lowest BCUT2D eigenvalue weighted by molar-refractivity contribution is 0.0949. The molecule has 3 N–H and O–H groups in total. The molecule has 0 fully saturated rings. The number of hydrogen-bond acceptors (Lipinski definition) is 5. The summed E-state index contributed by atoms with van der Waals surface area (Å²) >= 11 is 0. The lowest BCUT2D eigenvalue weighted by Crippen LogP contribution is -2.25. The average molecular weight is 344 g/mol. The number of alkyl halides is 2. The summed E-state index contributed by atoms with van der Waals surface area (Å²) in [4.78, 5) is 20.3. The molecule has 0 bridgehead atoms. The average Bonchev–Trinajstić information content (AvgIpc) is 3.14. The monoisotopic (exact) mass is 344 g/mol. The zero-order chi connectivity index (χ0) is 17.8. The summed E-state index contributed by atoms with van der Waals surface area (Å²) in [7, 11) is 0. The highest BCUT2D eigenvalue weighted by atomic mass is 19.3. The predicted molar refractivity (Wildman–Crippen MR) is 86.7 cm³/mol. The molecule has 0 spiro atoms. The number of nitrogens with two attached hydrogens (primary N) is 1. The molecule has 128 valence electrons. The molecule has 0 atom stereocenters. The van der Waals surface area contributed by atoms with Gasteiger partial charge in [0.05, 0.1) is 11.8 Å². The maximum Gasteiger partial charge on any atom is 0.264 e. The molecule has 3 rings (SSSR count). The predicted octanol–water partition coefficient (Wildman–Crippen LogP) is 3.19. The normalized spacial score (nSPS) is 10.8. The summed E-state index contributed by atoms with van der Waals surface area (Å²) in [5.41, 5.74) is 6.07. The topological polar surface area (TPSA) is 94.0 Å². The number of halogens is 2. The fraction of sp³-hybridized carbons (Fsp3) is 0.118. The molecule has 0 aliphatic carbocycles. The van der Waals surface area contributed by atoms with E-state index in [9.17, 15) is 13.6 Å². The van der Waals surface area contributed by atoms with E-state index in [0.717, 1.165) is 0 Å². The third kappa shape index (κ3) is 3.63. The van der Waals surface area contributed by atoms with Crippen LogP contribution in [0.1, 0.15) is 27.9 Å². The van der Waals surface area contributed by atoms with Crippen molar-refractivity contribution in [3.05, 3.63) is 65.5 Å². The van der Waals surface area contributed by atoms with Crippen LogP contribution in [0.15, 0.2) is 53.3 Å². The van der Waals surface area contributed by atoms with Gasteiger partial charge in [-0.05, 0) is 17.7 Å². The number of nitrogen functional groups attached to an aromatic ring is 1. The van der Waals surface area contributed by atoms with Crippen molar-refractivity contribution in [2.24, 2.45) is 0 Å². The van der Waals surface area contributed by atoms with Crippen molar-refractivity contribution in [3.63, 3.8) is 0 Å². The molecule has 2 heterocycles. The van der Waals surface area contributed by atoms with E-state index in [1.165, 1.54) is 30.7 Å². The van der Waals surface area contributed by atoms with E-state index >= 15 is 0 Å². The van der Waals surface area contributed by atoms with Crippen molar-refractivity contribution in [3.8, 4) is 11.6 Å². The van der Waals surface area contributed by atoms with E-state index in [1.807, 2.05) is 0 Å². The number of hydrogen-bond donors (Lipinski definition) is 2. The van der Waals surface area contributed by atoms with Crippen LogP contribution in [0.2, 0.25) is 0 Å². The van der Waals surface area contributed by atoms with Crippen molar-refractivity contribution < 1.29 is 18.0 Å². The van der Waals surface area contributed by atoms with Crippen LogP contribution in [0.25, 0.3) is 11.6 Å². The van der Waals surface area contributed by atoms with Crippen LogP contribution >= 0.6 is 0 Å². The first-order valence-corrected chi connectivity index (χ1v) is 7.37. The van der Waals surface area contributed by atoms with Gasteiger partial charge in [-0.25, -0.2) is 18.7 Å². The van der Waals surface area contributed by atoms with Gasteiger partial charge < -0.3 is 15.5 Å². The molecule has 0 saturated heterocycles. The Morgan fingerprint density at radius 1 is 1.24 bits per heavy atom. The highest BCUT2D eigenvalue weighted by Gasteiger charge is 2.16. The molecule has 1 amide bonds. The summed E-state index contributed by atoms with van der Waals surface area (Å²) in [6.45, 7) is -0.0568. The van der Waals surface area contributed by atoms with E-state index in [2.05, 4.69) is 15.3 Å². The van der Waals surface area contributed by atoms with Gasteiger partial charge in [0.2, 0.25) is 0 Å². The first-order valence-electron chi connectivity index (χ1n) is 7.37. The number of nitrogens with zero attached hydrogens (tertiary/aromatic N) is 2. The molecule has 0 unspecified atom stereocenters. The summed E-state index contributed by atoms with van der Waals surface area (Å²) < 4.78 is 31.1. The molecular formula is C17H14F2N4O2. The van der Waals surface area contributed by atoms with Gasteiger partial charge in [-0.15, -0.1) is 0 Å². The Balaban J connectivity index is 1.74. The van der Waals surface area contributed by atoms with E-state index in [4.69, 9.17) is 10.2 Å². The SMILES string of the molecule is Nc1nc(-c2ccco2)ncc1C(=O)NCc1ccccc1C(F)F. The Morgan fingerprint density at radius 2 is 2.04 bits per heavy atom. The Hall–Kier alpha value is -3.29. The maximum atomic E-state index is 13.0. The quantitative estimate of drug-likeness (QED) is 0.741. The second-order valence-corrected chi connectivity index (χ2v) is 5.15. The standard InChI is InChI=1S/C17H14F2N4O2/c18-14(19)11-5-2-1-4-10(11)8-22-17(24)12-9-21-16(23-15(12)20)13-6-3-7-25-13/h1-7,9,14H,8H2,(H,22,24)(H2,20,21,23). The molecule has 8 heteroatoms. The molecule has 0 aliphatic rings. The number of carbonyl (C=O) groups excluding carboxylic acids is 1. The molecule has 1 aromatic carbocycles. The maximum absolute atomic E-state index is 13.0. The highest BCUT2D eigenvalue weighted by Crippen LogP contribution is 2.23. The number of anilines is 1. The van der Waals surface area contributed by atoms with Gasteiger partial charge >= 0.3 is 0 Å². The Kier molecular flexibility index (Phi) is 4.69. The van der Waals surface area contributed by atoms with Crippen LogP contribution in [0.4, 0.5) is 14.6 Å². The minimum Gasteiger partial charge on any atom is -0.461 e. The Morgan fingerprint density at radius 3 is 2.72 bits per heavy atom. The largest absolute Gasteiger partial charge is 0.461 e. The van der Waals surface area contributed by atoms with E-state index in [0.29, 0.717) is 11.3 Å². The number of furan rings is 1. The third-order valence-corrected chi connectivity index (χ3v) is 3.53. The van der Waals surface area contributed by atoms with Gasteiger partial charge in [0.25, 0.3) is 12.3 Å². The van der Waals surface area contributed by atoms with Crippen LogP contribution in [0.3, 0.4) is 0 Å². The summed E-state index contributed by atoms with van der Waals surface area (Å²) in [6, 6.07) is 9.34. The van der Waals surface area contributed by atoms with E-state index < -0.39 is 12.3 Å². The van der Waals surface area contributed by atoms with Crippen LogP contribution in [0.5, 0.6) is 0 Å². The second kappa shape index (κ2) is 7.08. The molecule has 0 aliphatic heterocycles. The second-order valence-electron chi connectivity index (χ2n) is 5.15. The molecule has 25 heavy (non-hydrogen) atoms. The van der Waals surface area contributed by atoms with Crippen molar-refractivity contribution in [2.45, 2.75) is 13.0 Å². The number of aromatic nitrogens is 2. The molecule has 2 aromatic heterocycles. The number of rotatable bonds is 5. The number of carbonyl (C=O) groups is 1. The number of nitrogens with one attached hydrogen (secondary N) is 1. The van der Waals surface area contributed by atoms with Gasteiger partial charge in [0.1, 0.15) is 5.82 Å². The van der Waals surface area contributed by atoms with Gasteiger partial charge in [0.15, 0.2) is 11.6 Å². The minimum absolute atomic E-state index is 0.0268. The molecule has 3 aromatic rings. The first kappa shape index (κ1) is 16.6. The van der Waals surface area contributed by atoms with Gasteiger partial charge in [-0.2, -0.15) is 0 Å². The lowest BCUT2D eigenvalue weighted by Gasteiger charge is -2.11. The van der Waals surface area contributed by atoms with Crippen molar-refractivity contribution in [1.82, 2.24) is 15.3 Å². The van der Waals surface area contributed by atoms with Crippen molar-refractivity contribution in [1.29, 1.82) is 0 Å². The Labute approximate surface area is 141 Å². The van der Waals surface area contributed by atoms with Crippen LogP contribution in [-0.4, -0.2) is 15.9 Å². The Bertz CT molecular complexity index is 882. The number of benzene rings is 1. The smallest absolute Gasteiger partial charge is 0.264 e. The van der Waals surface area contributed by atoms with Crippen molar-refractivity contribution in [2.75, 3.05) is 5.73 Å². The van der Waals surface area contributed by atoms with Gasteiger partial charge in [-0.1, -0.05) is 24.3 Å². The van der Waals surface area contributed by atoms with Crippen molar-refractivity contribution >= 4 is 11.7 Å². The van der Waals surface area contributed by atoms with Crippen LogP contribution in [-0.2, 0) is 6.54 Å². The van der Waals surface area contributed by atoms with Crippen LogP contribution in [0, 0.1) is 0 Å². The summed E-state index contributed by atoms with van der Waals surface area (Å²) in [5, 5.41) is 2.55. The zero-order valence-electron chi connectivity index (χ0n) is 12.9. The fourth-order valence-corrected chi connectivity index (χ4v) is 2.27. The molecular weight excluding hydrogens is 330 g/mol. The lowest BCUT2D eigenvalue weighted by atomic mass is 10.1. The number of amides is 1. The molecule has 0 saturated carbocycles. The van der Waals surface area contributed by atoms with E-state index in [1.54, 1.807) is 18.2 Å². The first-order chi connectivity index (χ1) is 12.1. The van der Waals surface area contributed by atoms with Gasteiger partial charge in [0, 0.05) is 18.3 Å². The van der Waals surface area contributed by atoms with Crippen LogP contribution < -0.4 is 11.1 Å². The molecule has 0 radical (unpaired) electrons. The molecule has 6 nitrogen and oxygen atoms in total. The summed E-state index contributed by atoms with van der Waals surface area (Å²) in [5.74, 6) is 0.0974. The van der Waals surface area contributed by atoms with Gasteiger partial charge in [-0.3, -0.25) is 4.79 Å². The highest BCUT2D eigenvalue weighted by molar-refractivity contribution is 5.98. The summed E-state index contributed by atoms with van der Waals surface area (Å²) in [6.07, 6.45) is 0.124. The minimum atomic E-state index is -2.62. The van der Waals surface area contributed by atoms with E-state index in [-0.39, 0.29) is 29.3 Å².